The van der Waals surface area contributed by atoms with E-state index in [4.69, 9.17) is 0 Å². The van der Waals surface area contributed by atoms with E-state index in [0.717, 1.165) is 17.7 Å². The topological polar surface area (TPSA) is 64.0 Å². The van der Waals surface area contributed by atoms with Gasteiger partial charge in [-0.2, -0.15) is 0 Å². The molecule has 0 aliphatic carbocycles. The SMILES string of the molecule is CCc1ccccc1NC(=O)CC1CSc2ncc(C)c(=O)n21. The van der Waals surface area contributed by atoms with Crippen LogP contribution in [0.1, 0.15) is 30.5 Å². The second-order valence-electron chi connectivity index (χ2n) is 5.63. The number of carbonyl (C=O) groups excluding carboxylic acids is 1. The van der Waals surface area contributed by atoms with Gasteiger partial charge in [-0.3, -0.25) is 14.2 Å². The second-order valence-corrected chi connectivity index (χ2v) is 6.61. The third-order valence-corrected chi connectivity index (χ3v) is 5.11. The summed E-state index contributed by atoms with van der Waals surface area (Å²) in [6.45, 7) is 3.81. The van der Waals surface area contributed by atoms with Gasteiger partial charge in [-0.05, 0) is 25.0 Å². The number of thioether (sulfide) groups is 1. The number of carbonyl (C=O) groups is 1. The fourth-order valence-electron chi connectivity index (χ4n) is 2.74. The number of aromatic nitrogens is 2. The maximum Gasteiger partial charge on any atom is 0.257 e. The first-order valence-corrected chi connectivity index (χ1v) is 8.67. The third-order valence-electron chi connectivity index (χ3n) is 3.99. The van der Waals surface area contributed by atoms with Crippen LogP contribution in [-0.2, 0) is 11.2 Å². The first kappa shape index (κ1) is 15.8. The molecule has 0 spiro atoms. The second kappa shape index (κ2) is 6.58. The van der Waals surface area contributed by atoms with E-state index in [-0.39, 0.29) is 23.9 Å². The van der Waals surface area contributed by atoms with Crippen LogP contribution in [0.3, 0.4) is 0 Å². The number of nitrogens with zero attached hydrogens (tertiary/aromatic N) is 2. The fourth-order valence-corrected chi connectivity index (χ4v) is 3.84. The summed E-state index contributed by atoms with van der Waals surface area (Å²) in [7, 11) is 0. The van der Waals surface area contributed by atoms with Crippen LogP contribution in [0.5, 0.6) is 0 Å². The van der Waals surface area contributed by atoms with E-state index in [1.165, 1.54) is 11.8 Å². The summed E-state index contributed by atoms with van der Waals surface area (Å²) in [4.78, 5) is 29.0. The number of fused-ring (bicyclic) bond motifs is 1. The van der Waals surface area contributed by atoms with Gasteiger partial charge in [-0.15, -0.1) is 0 Å². The van der Waals surface area contributed by atoms with E-state index in [0.29, 0.717) is 16.5 Å². The molecule has 3 rings (SSSR count). The van der Waals surface area contributed by atoms with Gasteiger partial charge in [0.25, 0.3) is 5.56 Å². The zero-order chi connectivity index (χ0) is 16.4. The summed E-state index contributed by atoms with van der Waals surface area (Å²) >= 11 is 1.53. The Morgan fingerprint density at radius 1 is 1.43 bits per heavy atom. The van der Waals surface area contributed by atoms with E-state index >= 15 is 0 Å². The summed E-state index contributed by atoms with van der Waals surface area (Å²) in [6.07, 6.45) is 2.74. The van der Waals surface area contributed by atoms with E-state index in [1.54, 1.807) is 17.7 Å². The van der Waals surface area contributed by atoms with Crippen LogP contribution in [0, 0.1) is 6.92 Å². The number of hydrogen-bond donors (Lipinski definition) is 1. The van der Waals surface area contributed by atoms with Crippen molar-refractivity contribution in [3.8, 4) is 0 Å². The molecule has 1 atom stereocenters. The molecule has 1 aliphatic heterocycles. The van der Waals surface area contributed by atoms with Crippen LogP contribution in [0.25, 0.3) is 0 Å². The Morgan fingerprint density at radius 3 is 3.00 bits per heavy atom. The molecule has 0 bridgehead atoms. The van der Waals surface area contributed by atoms with Crippen molar-refractivity contribution in [2.24, 2.45) is 0 Å². The van der Waals surface area contributed by atoms with Crippen molar-refractivity contribution >= 4 is 23.4 Å². The first-order chi connectivity index (χ1) is 11.1. The molecular formula is C17H19N3O2S. The molecule has 2 heterocycles. The molecule has 0 fully saturated rings. The van der Waals surface area contributed by atoms with Gasteiger partial charge in [0.2, 0.25) is 5.91 Å². The molecule has 120 valence electrons. The van der Waals surface area contributed by atoms with E-state index < -0.39 is 0 Å². The summed E-state index contributed by atoms with van der Waals surface area (Å²) in [6, 6.07) is 7.66. The molecule has 2 aromatic rings. The fraction of sp³-hybridized carbons (Fsp3) is 0.353. The van der Waals surface area contributed by atoms with Crippen molar-refractivity contribution in [1.82, 2.24) is 9.55 Å². The molecule has 1 aromatic heterocycles. The highest BCUT2D eigenvalue weighted by Gasteiger charge is 2.27. The lowest BCUT2D eigenvalue weighted by Crippen LogP contribution is -2.28. The number of para-hydroxylation sites is 1. The van der Waals surface area contributed by atoms with Crippen molar-refractivity contribution in [3.63, 3.8) is 0 Å². The Labute approximate surface area is 139 Å². The Bertz CT molecular complexity index is 801. The van der Waals surface area contributed by atoms with Gasteiger partial charge < -0.3 is 5.32 Å². The van der Waals surface area contributed by atoms with E-state index in [9.17, 15) is 9.59 Å². The number of nitrogens with one attached hydrogen (secondary N) is 1. The summed E-state index contributed by atoms with van der Waals surface area (Å²) < 4.78 is 1.66. The van der Waals surface area contributed by atoms with Crippen LogP contribution >= 0.6 is 11.8 Å². The van der Waals surface area contributed by atoms with Gasteiger partial charge in [0.15, 0.2) is 5.16 Å². The lowest BCUT2D eigenvalue weighted by molar-refractivity contribution is -0.116. The molecule has 1 aromatic carbocycles. The van der Waals surface area contributed by atoms with Gasteiger partial charge >= 0.3 is 0 Å². The average molecular weight is 329 g/mol. The minimum absolute atomic E-state index is 0.0493. The smallest absolute Gasteiger partial charge is 0.257 e. The maximum absolute atomic E-state index is 12.4. The average Bonchev–Trinajstić information content (AvgIpc) is 2.95. The zero-order valence-corrected chi connectivity index (χ0v) is 14.0. The van der Waals surface area contributed by atoms with Gasteiger partial charge in [0.05, 0.1) is 6.04 Å². The Kier molecular flexibility index (Phi) is 4.52. The van der Waals surface area contributed by atoms with Crippen LogP contribution in [0.15, 0.2) is 40.4 Å². The molecule has 1 unspecified atom stereocenters. The molecule has 0 radical (unpaired) electrons. The highest BCUT2D eigenvalue weighted by Crippen LogP contribution is 2.32. The quantitative estimate of drug-likeness (QED) is 0.876. The van der Waals surface area contributed by atoms with Crippen molar-refractivity contribution in [3.05, 3.63) is 51.9 Å². The van der Waals surface area contributed by atoms with Crippen LogP contribution in [-0.4, -0.2) is 21.2 Å². The van der Waals surface area contributed by atoms with Crippen LogP contribution < -0.4 is 10.9 Å². The van der Waals surface area contributed by atoms with Crippen LogP contribution in [0.4, 0.5) is 5.69 Å². The molecule has 0 saturated heterocycles. The van der Waals surface area contributed by atoms with Gasteiger partial charge in [-0.25, -0.2) is 4.98 Å². The van der Waals surface area contributed by atoms with Gasteiger partial charge in [-0.1, -0.05) is 36.9 Å². The monoisotopic (exact) mass is 329 g/mol. The van der Waals surface area contributed by atoms with Gasteiger partial charge in [0, 0.05) is 29.6 Å². The molecule has 23 heavy (non-hydrogen) atoms. The molecule has 5 nitrogen and oxygen atoms in total. The number of anilines is 1. The predicted octanol–water partition coefficient (Wildman–Crippen LogP) is 2.79. The molecule has 0 saturated carbocycles. The Balaban J connectivity index is 1.76. The van der Waals surface area contributed by atoms with E-state index in [2.05, 4.69) is 17.2 Å². The molecule has 1 N–H and O–H groups in total. The summed E-state index contributed by atoms with van der Waals surface area (Å²) in [5, 5.41) is 3.67. The number of amides is 1. The maximum atomic E-state index is 12.4. The molecule has 1 amide bonds. The van der Waals surface area contributed by atoms with Crippen LogP contribution in [0.2, 0.25) is 0 Å². The van der Waals surface area contributed by atoms with E-state index in [1.807, 2.05) is 24.3 Å². The third kappa shape index (κ3) is 3.17. The predicted molar refractivity (Wildman–Crippen MR) is 92.1 cm³/mol. The Morgan fingerprint density at radius 2 is 2.22 bits per heavy atom. The highest BCUT2D eigenvalue weighted by atomic mass is 32.2. The number of aryl methyl sites for hydroxylation is 2. The van der Waals surface area contributed by atoms with Crippen molar-refractivity contribution in [1.29, 1.82) is 0 Å². The molecular weight excluding hydrogens is 310 g/mol. The lowest BCUT2D eigenvalue weighted by atomic mass is 10.1. The number of hydrogen-bond acceptors (Lipinski definition) is 4. The molecule has 6 heteroatoms. The minimum atomic E-state index is -0.135. The molecule has 1 aliphatic rings. The van der Waals surface area contributed by atoms with Gasteiger partial charge in [0.1, 0.15) is 0 Å². The number of rotatable bonds is 4. The van der Waals surface area contributed by atoms with Crippen molar-refractivity contribution in [2.75, 3.05) is 11.1 Å². The minimum Gasteiger partial charge on any atom is -0.326 e. The first-order valence-electron chi connectivity index (χ1n) is 7.69. The largest absolute Gasteiger partial charge is 0.326 e. The normalized spacial score (nSPS) is 16.2. The van der Waals surface area contributed by atoms with Crippen molar-refractivity contribution in [2.45, 2.75) is 37.9 Å². The Hall–Kier alpha value is -2.08. The van der Waals surface area contributed by atoms with Crippen molar-refractivity contribution < 1.29 is 4.79 Å². The standard InChI is InChI=1S/C17H19N3O2S/c1-3-12-6-4-5-7-14(12)19-15(21)8-13-10-23-17-18-9-11(2)16(22)20(13)17/h4-7,9,13H,3,8,10H2,1-2H3,(H,19,21). The number of benzene rings is 1. The summed E-state index contributed by atoms with van der Waals surface area (Å²) in [5.74, 6) is 0.631. The highest BCUT2D eigenvalue weighted by molar-refractivity contribution is 7.99. The zero-order valence-electron chi connectivity index (χ0n) is 13.2. The summed E-state index contributed by atoms with van der Waals surface area (Å²) in [5.41, 5.74) is 2.52. The lowest BCUT2D eigenvalue weighted by Gasteiger charge is -2.15.